The van der Waals surface area contributed by atoms with Gasteiger partial charge in [-0.05, 0) is 24.3 Å². The van der Waals surface area contributed by atoms with Gasteiger partial charge < -0.3 is 25.3 Å². The lowest BCUT2D eigenvalue weighted by molar-refractivity contribution is 0.122. The number of fused-ring (bicyclic) bond motifs is 1. The number of hydrogen-bond acceptors (Lipinski definition) is 9. The summed E-state index contributed by atoms with van der Waals surface area (Å²) in [4.78, 5) is 27.7. The quantitative estimate of drug-likeness (QED) is 0.473. The van der Waals surface area contributed by atoms with Gasteiger partial charge in [0, 0.05) is 25.5 Å². The molecule has 1 aliphatic rings. The summed E-state index contributed by atoms with van der Waals surface area (Å²) >= 11 is 0. The number of hydrogen-bond donors (Lipinski definition) is 3. The van der Waals surface area contributed by atoms with Gasteiger partial charge in [0.25, 0.3) is 0 Å². The molecule has 0 unspecified atom stereocenters. The van der Waals surface area contributed by atoms with Crippen molar-refractivity contribution >= 4 is 40.3 Å². The molecule has 10 nitrogen and oxygen atoms in total. The molecular weight excluding hydrogens is 370 g/mol. The molecule has 0 radical (unpaired) electrons. The Labute approximate surface area is 166 Å². The highest BCUT2D eigenvalue weighted by Gasteiger charge is 2.20. The molecule has 29 heavy (non-hydrogen) atoms. The first-order valence-electron chi connectivity index (χ1n) is 9.30. The standard InChI is InChI=1S/C19H19N9O/c1-3-13(11-20-5-1)22-18-24-15-16(25-18)26-19(23-14-4-2-6-21-12-14)27-17(15)28-7-9-29-10-8-28/h1-6,11-12H,7-10H2,(H3,22,23,24,25,26,27). The van der Waals surface area contributed by atoms with Crippen LogP contribution >= 0.6 is 0 Å². The first-order chi connectivity index (χ1) is 14.3. The van der Waals surface area contributed by atoms with Crippen LogP contribution in [0.5, 0.6) is 0 Å². The predicted molar refractivity (Wildman–Crippen MR) is 110 cm³/mol. The molecule has 0 aromatic carbocycles. The zero-order chi connectivity index (χ0) is 19.5. The van der Waals surface area contributed by atoms with Crippen molar-refractivity contribution in [2.75, 3.05) is 41.8 Å². The SMILES string of the molecule is c1cncc(Nc2nc(N3CCOCC3)c3[nH]c(Nc4cccnc4)nc3n2)c1. The number of pyridine rings is 2. The van der Waals surface area contributed by atoms with E-state index >= 15 is 0 Å². The maximum absolute atomic E-state index is 5.49. The minimum absolute atomic E-state index is 0.464. The fraction of sp³-hybridized carbons (Fsp3) is 0.211. The van der Waals surface area contributed by atoms with E-state index in [9.17, 15) is 0 Å². The number of aromatic nitrogens is 6. The first-order valence-corrected chi connectivity index (χ1v) is 9.30. The van der Waals surface area contributed by atoms with Gasteiger partial charge in [-0.15, -0.1) is 0 Å². The van der Waals surface area contributed by atoms with Crippen LogP contribution in [-0.2, 0) is 4.74 Å². The Kier molecular flexibility index (Phi) is 4.59. The Hall–Kier alpha value is -3.79. The lowest BCUT2D eigenvalue weighted by Gasteiger charge is -2.28. The Morgan fingerprint density at radius 2 is 1.62 bits per heavy atom. The zero-order valence-electron chi connectivity index (χ0n) is 15.5. The van der Waals surface area contributed by atoms with Crippen LogP contribution in [0.15, 0.2) is 49.1 Å². The van der Waals surface area contributed by atoms with E-state index in [0.717, 1.165) is 35.8 Å². The van der Waals surface area contributed by atoms with Crippen molar-refractivity contribution in [3.8, 4) is 0 Å². The fourth-order valence-electron chi connectivity index (χ4n) is 3.14. The second kappa shape index (κ2) is 7.68. The minimum atomic E-state index is 0.464. The molecule has 0 atom stereocenters. The summed E-state index contributed by atoms with van der Waals surface area (Å²) in [5, 5.41) is 6.43. The maximum Gasteiger partial charge on any atom is 0.231 e. The molecule has 0 saturated carbocycles. The number of ether oxygens (including phenoxy) is 1. The molecule has 1 saturated heterocycles. The summed E-state index contributed by atoms with van der Waals surface area (Å²) in [5.74, 6) is 1.83. The van der Waals surface area contributed by atoms with Crippen molar-refractivity contribution in [1.82, 2.24) is 29.9 Å². The number of aromatic amines is 1. The van der Waals surface area contributed by atoms with Gasteiger partial charge in [0.05, 0.1) is 37.0 Å². The van der Waals surface area contributed by atoms with E-state index < -0.39 is 0 Å². The first kappa shape index (κ1) is 17.3. The normalized spacial score (nSPS) is 14.1. The van der Waals surface area contributed by atoms with Crippen LogP contribution in [0.4, 0.5) is 29.1 Å². The average molecular weight is 389 g/mol. The number of morpholine rings is 1. The molecule has 0 amide bonds. The van der Waals surface area contributed by atoms with Gasteiger partial charge in [0.2, 0.25) is 11.9 Å². The third kappa shape index (κ3) is 3.78. The Morgan fingerprint density at radius 1 is 0.897 bits per heavy atom. The van der Waals surface area contributed by atoms with Gasteiger partial charge in [-0.1, -0.05) is 0 Å². The van der Waals surface area contributed by atoms with Crippen molar-refractivity contribution in [2.24, 2.45) is 0 Å². The van der Waals surface area contributed by atoms with Crippen LogP contribution in [0.3, 0.4) is 0 Å². The number of nitrogens with one attached hydrogen (secondary N) is 3. The van der Waals surface area contributed by atoms with E-state index in [1.165, 1.54) is 0 Å². The van der Waals surface area contributed by atoms with Gasteiger partial charge in [0.1, 0.15) is 5.52 Å². The zero-order valence-corrected chi connectivity index (χ0v) is 15.5. The van der Waals surface area contributed by atoms with Gasteiger partial charge in [-0.25, -0.2) is 0 Å². The average Bonchev–Trinajstić information content (AvgIpc) is 3.17. The highest BCUT2D eigenvalue weighted by atomic mass is 16.5. The number of imidazole rings is 1. The Balaban J connectivity index is 1.54. The lowest BCUT2D eigenvalue weighted by Crippen LogP contribution is -2.37. The molecule has 1 aliphatic heterocycles. The van der Waals surface area contributed by atoms with E-state index in [1.807, 2.05) is 24.3 Å². The molecule has 10 heteroatoms. The van der Waals surface area contributed by atoms with Crippen molar-refractivity contribution in [1.29, 1.82) is 0 Å². The number of rotatable bonds is 5. The highest BCUT2D eigenvalue weighted by Crippen LogP contribution is 2.27. The van der Waals surface area contributed by atoms with Gasteiger partial charge in [-0.2, -0.15) is 15.0 Å². The van der Waals surface area contributed by atoms with Gasteiger partial charge >= 0.3 is 0 Å². The molecule has 146 valence electrons. The fourth-order valence-corrected chi connectivity index (χ4v) is 3.14. The maximum atomic E-state index is 5.49. The van der Waals surface area contributed by atoms with E-state index in [-0.39, 0.29) is 0 Å². The lowest BCUT2D eigenvalue weighted by atomic mass is 10.3. The number of nitrogens with zero attached hydrogens (tertiary/aromatic N) is 6. The van der Waals surface area contributed by atoms with Crippen molar-refractivity contribution in [3.05, 3.63) is 49.1 Å². The van der Waals surface area contributed by atoms with E-state index in [2.05, 4.69) is 40.5 Å². The molecule has 4 aromatic heterocycles. The summed E-state index contributed by atoms with van der Waals surface area (Å²) in [6.07, 6.45) is 6.90. The summed E-state index contributed by atoms with van der Waals surface area (Å²) in [6.45, 7) is 2.82. The third-order valence-corrected chi connectivity index (χ3v) is 4.48. The third-order valence-electron chi connectivity index (χ3n) is 4.48. The van der Waals surface area contributed by atoms with Crippen molar-refractivity contribution in [3.63, 3.8) is 0 Å². The molecule has 0 spiro atoms. The molecular formula is C19H19N9O. The summed E-state index contributed by atoms with van der Waals surface area (Å²) in [6, 6.07) is 7.55. The molecule has 3 N–H and O–H groups in total. The number of anilines is 5. The predicted octanol–water partition coefficient (Wildman–Crippen LogP) is 2.47. The second-order valence-electron chi connectivity index (χ2n) is 6.49. The highest BCUT2D eigenvalue weighted by molar-refractivity contribution is 5.87. The van der Waals surface area contributed by atoms with Gasteiger partial charge in [0.15, 0.2) is 11.5 Å². The van der Waals surface area contributed by atoms with Crippen LogP contribution < -0.4 is 15.5 Å². The van der Waals surface area contributed by atoms with Crippen LogP contribution in [0.2, 0.25) is 0 Å². The molecule has 1 fully saturated rings. The van der Waals surface area contributed by atoms with E-state index in [4.69, 9.17) is 9.72 Å². The molecule has 0 bridgehead atoms. The summed E-state index contributed by atoms with van der Waals surface area (Å²) in [7, 11) is 0. The van der Waals surface area contributed by atoms with Gasteiger partial charge in [-0.3, -0.25) is 9.97 Å². The van der Waals surface area contributed by atoms with Crippen molar-refractivity contribution in [2.45, 2.75) is 0 Å². The van der Waals surface area contributed by atoms with E-state index in [1.54, 1.807) is 24.8 Å². The largest absolute Gasteiger partial charge is 0.378 e. The Bertz CT molecular complexity index is 1090. The molecule has 4 aromatic rings. The Morgan fingerprint density at radius 3 is 2.31 bits per heavy atom. The second-order valence-corrected chi connectivity index (χ2v) is 6.49. The smallest absolute Gasteiger partial charge is 0.231 e. The van der Waals surface area contributed by atoms with Crippen LogP contribution in [0.1, 0.15) is 0 Å². The summed E-state index contributed by atoms with van der Waals surface area (Å²) in [5.41, 5.74) is 2.99. The van der Waals surface area contributed by atoms with Crippen molar-refractivity contribution < 1.29 is 4.74 Å². The van der Waals surface area contributed by atoms with E-state index in [0.29, 0.717) is 30.8 Å². The van der Waals surface area contributed by atoms with Crippen LogP contribution in [-0.4, -0.2) is 56.2 Å². The topological polar surface area (TPSA) is 117 Å². The minimum Gasteiger partial charge on any atom is -0.378 e. The number of H-pyrrole nitrogens is 1. The van der Waals surface area contributed by atoms with Crippen LogP contribution in [0.25, 0.3) is 11.2 Å². The van der Waals surface area contributed by atoms with Crippen LogP contribution in [0, 0.1) is 0 Å². The monoisotopic (exact) mass is 389 g/mol. The molecule has 5 heterocycles. The molecule has 0 aliphatic carbocycles. The molecule has 5 rings (SSSR count). The summed E-state index contributed by atoms with van der Waals surface area (Å²) < 4.78 is 5.49.